The fourth-order valence-corrected chi connectivity index (χ4v) is 6.51. The van der Waals surface area contributed by atoms with Gasteiger partial charge in [0, 0.05) is 11.5 Å². The largest absolute Gasteiger partial charge is 0.543 e. The summed E-state index contributed by atoms with van der Waals surface area (Å²) in [6, 6.07) is 4.50. The molecule has 1 saturated carbocycles. The Hall–Kier alpha value is -2.49. The van der Waals surface area contributed by atoms with Crippen molar-refractivity contribution in [2.75, 3.05) is 12.0 Å². The molecule has 1 saturated heterocycles. The molecule has 1 aromatic rings. The maximum Gasteiger partial charge on any atom is 0.415 e. The van der Waals surface area contributed by atoms with Gasteiger partial charge in [0.25, 0.3) is 0 Å². The van der Waals surface area contributed by atoms with E-state index < -0.39 is 55.7 Å². The van der Waals surface area contributed by atoms with E-state index in [2.05, 4.69) is 45.7 Å². The predicted octanol–water partition coefficient (Wildman–Crippen LogP) is 3.24. The number of anilines is 1. The smallest absolute Gasteiger partial charge is 0.415 e. The van der Waals surface area contributed by atoms with Crippen LogP contribution in [0.3, 0.4) is 0 Å². The average molecular weight is 484 g/mol. The summed E-state index contributed by atoms with van der Waals surface area (Å²) in [7, 11) is -0.902. The molecule has 0 bridgehead atoms. The second-order valence-corrected chi connectivity index (χ2v) is 15.7. The lowest BCUT2D eigenvalue weighted by Gasteiger charge is -2.48. The fraction of sp³-hybridized carbons (Fsp3) is 0.577. The van der Waals surface area contributed by atoms with Crippen LogP contribution in [0.2, 0.25) is 18.1 Å². The van der Waals surface area contributed by atoms with Crippen molar-refractivity contribution in [1.29, 1.82) is 0 Å². The van der Waals surface area contributed by atoms with Gasteiger partial charge in [0.1, 0.15) is 23.0 Å². The van der Waals surface area contributed by atoms with Crippen LogP contribution in [-0.2, 0) is 15.1 Å². The van der Waals surface area contributed by atoms with Crippen LogP contribution in [0.15, 0.2) is 18.2 Å². The number of aliphatic hydroxyl groups excluding tert-OH is 2. The second kappa shape index (κ2) is 7.50. The summed E-state index contributed by atoms with van der Waals surface area (Å²) in [4.78, 5) is 14.3. The number of fused-ring (bicyclic) bond motifs is 1. The van der Waals surface area contributed by atoms with Gasteiger partial charge in [-0.25, -0.2) is 4.79 Å². The van der Waals surface area contributed by atoms with Crippen LogP contribution in [0.4, 0.5) is 10.5 Å². The SMILES string of the molecule is C#C[C@@H]1N(C(=O)OC)c2ccc(O[Si](C)(C)C(C)(C)C)cc2[C@@]23O[C@@]12[C@@H](C)[C@H](O)[C@H](O)[C@H]3C#C. The molecule has 0 spiro atoms. The number of carbonyl (C=O) groups is 1. The minimum absolute atomic E-state index is 0.0331. The number of rotatable bonds is 2. The number of epoxide rings is 1. The van der Waals surface area contributed by atoms with E-state index in [-0.39, 0.29) is 5.04 Å². The van der Waals surface area contributed by atoms with Gasteiger partial charge in [0.15, 0.2) is 0 Å². The van der Waals surface area contributed by atoms with Gasteiger partial charge in [-0.05, 0) is 36.3 Å². The first-order chi connectivity index (χ1) is 15.7. The number of hydrogen-bond acceptors (Lipinski definition) is 6. The first-order valence-corrected chi connectivity index (χ1v) is 14.3. The molecule has 34 heavy (non-hydrogen) atoms. The number of hydrogen-bond donors (Lipinski definition) is 2. The molecule has 1 aliphatic carbocycles. The Morgan fingerprint density at radius 1 is 1.21 bits per heavy atom. The van der Waals surface area contributed by atoms with Gasteiger partial charge in [-0.3, -0.25) is 4.90 Å². The molecule has 2 fully saturated rings. The highest BCUT2D eigenvalue weighted by Gasteiger charge is 2.86. The number of methoxy groups -OCH3 is 1. The van der Waals surface area contributed by atoms with E-state index in [1.54, 1.807) is 19.1 Å². The standard InChI is InChI=1S/C26H33NO6Si/c1-10-17-22(29)21(28)15(3)25-20(11-2)27(23(30)31-7)19-13-12-16(14-18(19)26(17,25)33-25)32-34(8,9)24(4,5)6/h1-2,12-15,17,20-22,28-29H,3-9H3/t15-,17+,20-,21-,22+,25-,26+/m0/s1. The molecule has 7 atom stereocenters. The molecule has 1 amide bonds. The monoisotopic (exact) mass is 483 g/mol. The summed E-state index contributed by atoms with van der Waals surface area (Å²) in [5.74, 6) is 4.46. The maximum atomic E-state index is 13.0. The zero-order valence-corrected chi connectivity index (χ0v) is 21.7. The number of ether oxygens (including phenoxy) is 2. The van der Waals surface area contributed by atoms with Gasteiger partial charge < -0.3 is 24.1 Å². The third kappa shape index (κ3) is 2.86. The van der Waals surface area contributed by atoms with Crippen molar-refractivity contribution >= 4 is 20.1 Å². The number of nitrogens with zero attached hydrogens (tertiary/aromatic N) is 1. The van der Waals surface area contributed by atoms with Crippen LogP contribution in [0, 0.1) is 36.5 Å². The molecule has 2 N–H and O–H groups in total. The van der Waals surface area contributed by atoms with Gasteiger partial charge >= 0.3 is 6.09 Å². The first-order valence-electron chi connectivity index (χ1n) is 11.4. The van der Waals surface area contributed by atoms with Crippen molar-refractivity contribution in [2.24, 2.45) is 11.8 Å². The molecular weight excluding hydrogens is 450 g/mol. The van der Waals surface area contributed by atoms with Crippen molar-refractivity contribution in [3.63, 3.8) is 0 Å². The lowest BCUT2D eigenvalue weighted by atomic mass is 9.58. The van der Waals surface area contributed by atoms with Gasteiger partial charge in [-0.15, -0.1) is 12.8 Å². The van der Waals surface area contributed by atoms with Crippen molar-refractivity contribution in [2.45, 2.75) is 75.3 Å². The zero-order chi connectivity index (χ0) is 25.4. The zero-order valence-electron chi connectivity index (χ0n) is 20.7. The molecule has 1 aromatic carbocycles. The fourth-order valence-electron chi connectivity index (χ4n) is 5.49. The van der Waals surface area contributed by atoms with Crippen LogP contribution in [-0.4, -0.2) is 55.6 Å². The Bertz CT molecular complexity index is 1110. The molecule has 4 rings (SSSR count). The molecule has 0 unspecified atom stereocenters. The maximum absolute atomic E-state index is 13.0. The van der Waals surface area contributed by atoms with E-state index >= 15 is 0 Å². The molecule has 0 aromatic heterocycles. The summed E-state index contributed by atoms with van der Waals surface area (Å²) in [6.45, 7) is 12.5. The highest BCUT2D eigenvalue weighted by atomic mass is 28.4. The molecular formula is C26H33NO6Si. The lowest BCUT2D eigenvalue weighted by molar-refractivity contribution is -0.0768. The van der Waals surface area contributed by atoms with E-state index in [9.17, 15) is 15.0 Å². The number of terminal acetylenes is 2. The van der Waals surface area contributed by atoms with Crippen molar-refractivity contribution in [1.82, 2.24) is 0 Å². The Balaban J connectivity index is 1.97. The minimum atomic E-state index is -2.18. The van der Waals surface area contributed by atoms with Gasteiger partial charge in [0.05, 0.1) is 30.9 Å². The van der Waals surface area contributed by atoms with Crippen LogP contribution in [0.25, 0.3) is 0 Å². The molecule has 182 valence electrons. The quantitative estimate of drug-likeness (QED) is 0.381. The Morgan fingerprint density at radius 3 is 2.38 bits per heavy atom. The van der Waals surface area contributed by atoms with Crippen LogP contribution in [0.5, 0.6) is 5.75 Å². The summed E-state index contributed by atoms with van der Waals surface area (Å²) in [6.07, 6.45) is 8.80. The number of carbonyl (C=O) groups excluding carboxylic acids is 1. The van der Waals surface area contributed by atoms with E-state index in [1.165, 1.54) is 12.0 Å². The van der Waals surface area contributed by atoms with Gasteiger partial charge in [-0.2, -0.15) is 0 Å². The third-order valence-corrected chi connectivity index (χ3v) is 12.7. The summed E-state index contributed by atoms with van der Waals surface area (Å²) in [5.41, 5.74) is -1.28. The molecule has 2 heterocycles. The topological polar surface area (TPSA) is 91.8 Å². The Labute approximate surface area is 202 Å². The summed E-state index contributed by atoms with van der Waals surface area (Å²) >= 11 is 0. The van der Waals surface area contributed by atoms with E-state index in [0.717, 1.165) is 0 Å². The van der Waals surface area contributed by atoms with Gasteiger partial charge in [-0.1, -0.05) is 39.5 Å². The van der Waals surface area contributed by atoms with Crippen molar-refractivity contribution in [3.05, 3.63) is 23.8 Å². The van der Waals surface area contributed by atoms with E-state index in [4.69, 9.17) is 26.7 Å². The number of amides is 1. The van der Waals surface area contributed by atoms with Crippen molar-refractivity contribution < 1.29 is 28.9 Å². The molecule has 7 nitrogen and oxygen atoms in total. The lowest BCUT2D eigenvalue weighted by Crippen LogP contribution is -2.65. The average Bonchev–Trinajstić information content (AvgIpc) is 3.48. The predicted molar refractivity (Wildman–Crippen MR) is 131 cm³/mol. The van der Waals surface area contributed by atoms with Crippen LogP contribution >= 0.6 is 0 Å². The van der Waals surface area contributed by atoms with Gasteiger partial charge in [0.2, 0.25) is 8.32 Å². The summed E-state index contributed by atoms with van der Waals surface area (Å²) < 4.78 is 18.1. The third-order valence-electron chi connectivity index (χ3n) is 8.37. The van der Waals surface area contributed by atoms with E-state index in [1.807, 2.05) is 6.07 Å². The van der Waals surface area contributed by atoms with Crippen LogP contribution in [0.1, 0.15) is 33.3 Å². The van der Waals surface area contributed by atoms with Crippen LogP contribution < -0.4 is 9.33 Å². The summed E-state index contributed by atoms with van der Waals surface area (Å²) in [5, 5.41) is 21.8. The Kier molecular flexibility index (Phi) is 5.43. The van der Waals surface area contributed by atoms with Crippen molar-refractivity contribution in [3.8, 4) is 30.4 Å². The van der Waals surface area contributed by atoms with E-state index in [0.29, 0.717) is 17.0 Å². The second-order valence-electron chi connectivity index (χ2n) is 11.0. The molecule has 0 radical (unpaired) electrons. The normalized spacial score (nSPS) is 36.2. The molecule has 8 heteroatoms. The highest BCUT2D eigenvalue weighted by Crippen LogP contribution is 2.73. The minimum Gasteiger partial charge on any atom is -0.543 e. The highest BCUT2D eigenvalue weighted by molar-refractivity contribution is 6.74. The Morgan fingerprint density at radius 2 is 1.85 bits per heavy atom. The molecule has 2 aliphatic heterocycles. The molecule has 3 aliphatic rings. The number of benzene rings is 1. The first kappa shape index (κ1) is 24.6. The number of aliphatic hydroxyl groups is 2.